The first-order valence-electron chi connectivity index (χ1n) is 6.27. The lowest BCUT2D eigenvalue weighted by Crippen LogP contribution is -2.38. The van der Waals surface area contributed by atoms with Gasteiger partial charge in [0.15, 0.2) is 5.03 Å². The molecule has 2 rings (SSSR count). The van der Waals surface area contributed by atoms with Crippen LogP contribution in [0.1, 0.15) is 24.8 Å². The summed E-state index contributed by atoms with van der Waals surface area (Å²) in [6.45, 7) is 0.359. The highest BCUT2D eigenvalue weighted by Gasteiger charge is 2.31. The van der Waals surface area contributed by atoms with Crippen molar-refractivity contribution in [1.29, 1.82) is 0 Å². The van der Waals surface area contributed by atoms with Gasteiger partial charge in [-0.15, -0.1) is 0 Å². The summed E-state index contributed by atoms with van der Waals surface area (Å²) >= 11 is 1.72. The first-order valence-corrected chi connectivity index (χ1v) is 9.04. The van der Waals surface area contributed by atoms with Crippen LogP contribution in [0.25, 0.3) is 0 Å². The summed E-state index contributed by atoms with van der Waals surface area (Å²) in [6.07, 6.45) is 6.55. The Morgan fingerprint density at radius 1 is 1.47 bits per heavy atom. The molecule has 7 heteroatoms. The molecule has 0 saturated heterocycles. The molecule has 1 aliphatic rings. The topological polar surface area (TPSA) is 85.1 Å². The van der Waals surface area contributed by atoms with Crippen LogP contribution in [-0.2, 0) is 16.6 Å². The number of rotatable bonds is 5. The van der Waals surface area contributed by atoms with Gasteiger partial charge in [0.1, 0.15) is 0 Å². The van der Waals surface area contributed by atoms with E-state index in [9.17, 15) is 8.42 Å². The van der Waals surface area contributed by atoms with E-state index in [2.05, 4.69) is 9.71 Å². The second-order valence-electron chi connectivity index (χ2n) is 4.64. The fraction of sp³-hybridized carbons (Fsp3) is 0.583. The zero-order valence-electron chi connectivity index (χ0n) is 10.9. The molecule has 5 nitrogen and oxygen atoms in total. The molecule has 0 aromatic carbocycles. The number of aromatic nitrogens is 1. The quantitative estimate of drug-likeness (QED) is 0.851. The van der Waals surface area contributed by atoms with Crippen molar-refractivity contribution in [2.45, 2.75) is 42.1 Å². The Balaban J connectivity index is 2.13. The van der Waals surface area contributed by atoms with Crippen LogP contribution in [0, 0.1) is 0 Å². The SMILES string of the molecule is CSC1CCCC1NS(=O)(=O)c1ccc(CN)cn1. The van der Waals surface area contributed by atoms with Crippen molar-refractivity contribution in [3.63, 3.8) is 0 Å². The summed E-state index contributed by atoms with van der Waals surface area (Å²) in [4.78, 5) is 3.98. The summed E-state index contributed by atoms with van der Waals surface area (Å²) in [5, 5.41) is 0.426. The Morgan fingerprint density at radius 2 is 2.26 bits per heavy atom. The smallest absolute Gasteiger partial charge is 0.258 e. The van der Waals surface area contributed by atoms with Gasteiger partial charge >= 0.3 is 0 Å². The summed E-state index contributed by atoms with van der Waals surface area (Å²) in [5.41, 5.74) is 6.29. The Bertz CT molecular complexity index is 516. The Kier molecular flexibility index (Phi) is 4.83. The molecule has 19 heavy (non-hydrogen) atoms. The summed E-state index contributed by atoms with van der Waals surface area (Å²) in [6, 6.07) is 3.21. The van der Waals surface area contributed by atoms with Gasteiger partial charge in [0.2, 0.25) is 0 Å². The van der Waals surface area contributed by atoms with Crippen LogP contribution in [0.4, 0.5) is 0 Å². The van der Waals surface area contributed by atoms with E-state index >= 15 is 0 Å². The van der Waals surface area contributed by atoms with Crippen molar-refractivity contribution < 1.29 is 8.42 Å². The minimum Gasteiger partial charge on any atom is -0.326 e. The van der Waals surface area contributed by atoms with Gasteiger partial charge in [-0.1, -0.05) is 12.5 Å². The van der Waals surface area contributed by atoms with Gasteiger partial charge < -0.3 is 5.73 Å². The lowest BCUT2D eigenvalue weighted by molar-refractivity contribution is 0.551. The van der Waals surface area contributed by atoms with Crippen LogP contribution >= 0.6 is 11.8 Å². The van der Waals surface area contributed by atoms with E-state index < -0.39 is 10.0 Å². The summed E-state index contributed by atoms with van der Waals surface area (Å²) in [7, 11) is -3.53. The van der Waals surface area contributed by atoms with Crippen LogP contribution in [0.3, 0.4) is 0 Å². The number of thioether (sulfide) groups is 1. The van der Waals surface area contributed by atoms with E-state index in [1.165, 1.54) is 12.3 Å². The van der Waals surface area contributed by atoms with E-state index in [-0.39, 0.29) is 11.1 Å². The van der Waals surface area contributed by atoms with E-state index in [1.807, 2.05) is 6.26 Å². The normalized spacial score (nSPS) is 23.7. The molecular weight excluding hydrogens is 282 g/mol. The highest BCUT2D eigenvalue weighted by Crippen LogP contribution is 2.29. The molecule has 0 spiro atoms. The second-order valence-corrected chi connectivity index (χ2v) is 7.38. The second kappa shape index (κ2) is 6.21. The Labute approximate surface area is 118 Å². The molecule has 1 aliphatic carbocycles. The van der Waals surface area contributed by atoms with Gasteiger partial charge in [0.05, 0.1) is 0 Å². The average Bonchev–Trinajstić information content (AvgIpc) is 2.85. The molecule has 0 amide bonds. The summed E-state index contributed by atoms with van der Waals surface area (Å²) in [5.74, 6) is 0. The van der Waals surface area contributed by atoms with Crippen molar-refractivity contribution in [1.82, 2.24) is 9.71 Å². The minimum absolute atomic E-state index is 0.0102. The van der Waals surface area contributed by atoms with Gasteiger partial charge in [0.25, 0.3) is 10.0 Å². The standard InChI is InChI=1S/C12H19N3O2S2/c1-18-11-4-2-3-10(11)15-19(16,17)12-6-5-9(7-13)8-14-12/h5-6,8,10-11,15H,2-4,7,13H2,1H3. The number of hydrogen-bond donors (Lipinski definition) is 2. The number of sulfonamides is 1. The highest BCUT2D eigenvalue weighted by molar-refractivity contribution is 7.99. The molecule has 0 radical (unpaired) electrons. The fourth-order valence-corrected chi connectivity index (χ4v) is 4.55. The molecule has 0 bridgehead atoms. The average molecular weight is 301 g/mol. The first-order chi connectivity index (χ1) is 9.06. The maximum Gasteiger partial charge on any atom is 0.258 e. The van der Waals surface area contributed by atoms with Gasteiger partial charge in [-0.25, -0.2) is 18.1 Å². The molecule has 2 atom stereocenters. The lowest BCUT2D eigenvalue weighted by Gasteiger charge is -2.18. The van der Waals surface area contributed by atoms with Crippen molar-refractivity contribution >= 4 is 21.8 Å². The van der Waals surface area contributed by atoms with E-state index in [1.54, 1.807) is 17.8 Å². The third kappa shape index (κ3) is 3.47. The van der Waals surface area contributed by atoms with Crippen LogP contribution < -0.4 is 10.5 Å². The molecule has 1 saturated carbocycles. The van der Waals surface area contributed by atoms with Crippen molar-refractivity contribution in [3.05, 3.63) is 23.9 Å². The zero-order chi connectivity index (χ0) is 13.9. The van der Waals surface area contributed by atoms with Crippen LogP contribution in [-0.4, -0.2) is 30.9 Å². The molecule has 1 fully saturated rings. The van der Waals surface area contributed by atoms with Gasteiger partial charge in [-0.2, -0.15) is 11.8 Å². The molecule has 0 aliphatic heterocycles. The highest BCUT2D eigenvalue weighted by atomic mass is 32.2. The fourth-order valence-electron chi connectivity index (χ4n) is 2.29. The predicted octanol–water partition coefficient (Wildman–Crippen LogP) is 1.10. The number of hydrogen-bond acceptors (Lipinski definition) is 5. The van der Waals surface area contributed by atoms with Crippen molar-refractivity contribution in [3.8, 4) is 0 Å². The maximum atomic E-state index is 12.2. The predicted molar refractivity (Wildman–Crippen MR) is 77.4 cm³/mol. The lowest BCUT2D eigenvalue weighted by atomic mass is 10.3. The molecule has 1 aromatic rings. The van der Waals surface area contributed by atoms with E-state index in [0.717, 1.165) is 24.8 Å². The molecule has 1 heterocycles. The van der Waals surface area contributed by atoms with Crippen LogP contribution in [0.2, 0.25) is 0 Å². The van der Waals surface area contributed by atoms with Gasteiger partial charge in [0, 0.05) is 24.0 Å². The molecule has 3 N–H and O–H groups in total. The van der Waals surface area contributed by atoms with Gasteiger partial charge in [-0.05, 0) is 30.7 Å². The number of nitrogens with one attached hydrogen (secondary N) is 1. The first kappa shape index (κ1) is 14.8. The number of nitrogens with two attached hydrogens (primary N) is 1. The Hall–Kier alpha value is -0.630. The molecule has 106 valence electrons. The van der Waals surface area contributed by atoms with Crippen molar-refractivity contribution in [2.24, 2.45) is 5.73 Å². The maximum absolute atomic E-state index is 12.2. The van der Waals surface area contributed by atoms with Crippen LogP contribution in [0.5, 0.6) is 0 Å². The minimum atomic E-state index is -3.53. The van der Waals surface area contributed by atoms with Gasteiger partial charge in [-0.3, -0.25) is 0 Å². The zero-order valence-corrected chi connectivity index (χ0v) is 12.5. The number of nitrogens with zero attached hydrogens (tertiary/aromatic N) is 1. The molecule has 2 unspecified atom stereocenters. The third-order valence-corrected chi connectivity index (χ3v) is 5.95. The van der Waals surface area contributed by atoms with E-state index in [0.29, 0.717) is 11.8 Å². The van der Waals surface area contributed by atoms with E-state index in [4.69, 9.17) is 5.73 Å². The third-order valence-electron chi connectivity index (χ3n) is 3.37. The molecular formula is C12H19N3O2S2. The summed E-state index contributed by atoms with van der Waals surface area (Å²) < 4.78 is 27.2. The Morgan fingerprint density at radius 3 is 2.84 bits per heavy atom. The van der Waals surface area contributed by atoms with Crippen molar-refractivity contribution in [2.75, 3.05) is 6.26 Å². The largest absolute Gasteiger partial charge is 0.326 e. The molecule has 1 aromatic heterocycles. The monoisotopic (exact) mass is 301 g/mol. The van der Waals surface area contributed by atoms with Crippen LogP contribution in [0.15, 0.2) is 23.4 Å². The number of pyridine rings is 1.